The Morgan fingerprint density at radius 3 is 2.69 bits per heavy atom. The van der Waals surface area contributed by atoms with Gasteiger partial charge in [-0.25, -0.2) is 0 Å². The zero-order valence-corrected chi connectivity index (χ0v) is 11.6. The predicted molar refractivity (Wildman–Crippen MR) is 67.0 cm³/mol. The lowest BCUT2D eigenvalue weighted by Crippen LogP contribution is -2.11. The third kappa shape index (κ3) is 3.42. The number of thiophene rings is 1. The van der Waals surface area contributed by atoms with Crippen molar-refractivity contribution in [2.45, 2.75) is 26.7 Å². The standard InChI is InChI=1S/C11H13BrO3S/c1-3-7-5-9(12)16-11(7)8(13)6-10(14)15-4-2/h5H,3-4,6H2,1-2H3. The van der Waals surface area contributed by atoms with Gasteiger partial charge in [0.2, 0.25) is 0 Å². The zero-order chi connectivity index (χ0) is 12.1. The molecule has 1 rings (SSSR count). The predicted octanol–water partition coefficient (Wildman–Crippen LogP) is 3.21. The third-order valence-electron chi connectivity index (χ3n) is 2.02. The Morgan fingerprint density at radius 2 is 2.12 bits per heavy atom. The van der Waals surface area contributed by atoms with Crippen LogP contribution in [0.4, 0.5) is 0 Å². The lowest BCUT2D eigenvalue weighted by Gasteiger charge is -2.01. The van der Waals surface area contributed by atoms with Crippen LogP contribution >= 0.6 is 27.3 Å². The number of halogens is 1. The van der Waals surface area contributed by atoms with Crippen molar-refractivity contribution in [1.82, 2.24) is 0 Å². The van der Waals surface area contributed by atoms with Crippen LogP contribution in [-0.4, -0.2) is 18.4 Å². The van der Waals surface area contributed by atoms with E-state index in [1.54, 1.807) is 6.92 Å². The first kappa shape index (κ1) is 13.4. The summed E-state index contributed by atoms with van der Waals surface area (Å²) in [6.45, 7) is 4.01. The summed E-state index contributed by atoms with van der Waals surface area (Å²) in [4.78, 5) is 23.6. The number of esters is 1. The number of hydrogen-bond donors (Lipinski definition) is 0. The highest BCUT2D eigenvalue weighted by Gasteiger charge is 2.18. The van der Waals surface area contributed by atoms with E-state index in [1.807, 2.05) is 13.0 Å². The molecule has 0 saturated carbocycles. The quantitative estimate of drug-likeness (QED) is 0.476. The van der Waals surface area contributed by atoms with E-state index in [-0.39, 0.29) is 12.2 Å². The monoisotopic (exact) mass is 304 g/mol. The minimum Gasteiger partial charge on any atom is -0.466 e. The van der Waals surface area contributed by atoms with E-state index in [0.717, 1.165) is 15.8 Å². The molecule has 0 atom stereocenters. The van der Waals surface area contributed by atoms with Gasteiger partial charge in [0.25, 0.3) is 0 Å². The Bertz CT molecular complexity index is 398. The van der Waals surface area contributed by atoms with E-state index in [4.69, 9.17) is 4.74 Å². The second-order valence-electron chi connectivity index (χ2n) is 3.16. The maximum Gasteiger partial charge on any atom is 0.313 e. The molecule has 0 radical (unpaired) electrons. The van der Waals surface area contributed by atoms with Crippen molar-refractivity contribution in [2.24, 2.45) is 0 Å². The second-order valence-corrected chi connectivity index (χ2v) is 5.59. The summed E-state index contributed by atoms with van der Waals surface area (Å²) in [7, 11) is 0. The molecular weight excluding hydrogens is 292 g/mol. The van der Waals surface area contributed by atoms with Gasteiger partial charge >= 0.3 is 5.97 Å². The highest BCUT2D eigenvalue weighted by atomic mass is 79.9. The van der Waals surface area contributed by atoms with Gasteiger partial charge in [-0.3, -0.25) is 9.59 Å². The molecule has 0 aliphatic carbocycles. The number of carbonyl (C=O) groups excluding carboxylic acids is 2. The van der Waals surface area contributed by atoms with Gasteiger partial charge in [-0.1, -0.05) is 6.92 Å². The SMILES string of the molecule is CCOC(=O)CC(=O)c1sc(Br)cc1CC. The molecule has 0 bridgehead atoms. The molecule has 16 heavy (non-hydrogen) atoms. The fourth-order valence-electron chi connectivity index (χ4n) is 1.32. The lowest BCUT2D eigenvalue weighted by atomic mass is 10.1. The van der Waals surface area contributed by atoms with Gasteiger partial charge in [-0.2, -0.15) is 0 Å². The fourth-order valence-corrected chi connectivity index (χ4v) is 3.00. The molecule has 1 aromatic heterocycles. The minimum atomic E-state index is -0.459. The summed E-state index contributed by atoms with van der Waals surface area (Å²) in [6, 6.07) is 1.92. The molecule has 5 heteroatoms. The van der Waals surface area contributed by atoms with Crippen LogP contribution < -0.4 is 0 Å². The molecule has 0 aliphatic heterocycles. The average molecular weight is 305 g/mol. The van der Waals surface area contributed by atoms with Crippen LogP contribution in [0.15, 0.2) is 9.85 Å². The van der Waals surface area contributed by atoms with Gasteiger partial charge in [0.05, 0.1) is 15.3 Å². The van der Waals surface area contributed by atoms with Crippen LogP contribution in [0.5, 0.6) is 0 Å². The van der Waals surface area contributed by atoms with E-state index in [9.17, 15) is 9.59 Å². The molecule has 0 N–H and O–H groups in total. The Kier molecular flexibility index (Phi) is 5.15. The topological polar surface area (TPSA) is 43.4 Å². The zero-order valence-electron chi connectivity index (χ0n) is 9.21. The van der Waals surface area contributed by atoms with Crippen molar-refractivity contribution in [2.75, 3.05) is 6.61 Å². The smallest absolute Gasteiger partial charge is 0.313 e. The minimum absolute atomic E-state index is 0.161. The molecule has 88 valence electrons. The average Bonchev–Trinajstić information content (AvgIpc) is 2.59. The molecule has 1 heterocycles. The number of carbonyl (C=O) groups is 2. The second kappa shape index (κ2) is 6.15. The van der Waals surface area contributed by atoms with Crippen molar-refractivity contribution in [3.8, 4) is 0 Å². The van der Waals surface area contributed by atoms with Crippen molar-refractivity contribution >= 4 is 39.0 Å². The van der Waals surface area contributed by atoms with Gasteiger partial charge in [0, 0.05) is 0 Å². The summed E-state index contributed by atoms with van der Waals surface area (Å²) in [5.74, 6) is -0.620. The van der Waals surface area contributed by atoms with E-state index in [0.29, 0.717) is 11.5 Å². The molecule has 0 saturated heterocycles. The Labute approximate surface area is 107 Å². The Balaban J connectivity index is 2.76. The van der Waals surface area contributed by atoms with E-state index in [1.165, 1.54) is 11.3 Å². The van der Waals surface area contributed by atoms with Crippen molar-refractivity contribution in [3.63, 3.8) is 0 Å². The molecule has 0 aromatic carbocycles. The summed E-state index contributed by atoms with van der Waals surface area (Å²) in [5, 5.41) is 0. The molecule has 3 nitrogen and oxygen atoms in total. The maximum absolute atomic E-state index is 11.8. The van der Waals surface area contributed by atoms with Crippen LogP contribution in [0.3, 0.4) is 0 Å². The summed E-state index contributed by atoms with van der Waals surface area (Å²) in [6.07, 6.45) is 0.611. The fraction of sp³-hybridized carbons (Fsp3) is 0.455. The van der Waals surface area contributed by atoms with Gasteiger partial charge < -0.3 is 4.74 Å². The molecule has 0 aliphatic rings. The van der Waals surface area contributed by atoms with E-state index in [2.05, 4.69) is 15.9 Å². The highest BCUT2D eigenvalue weighted by molar-refractivity contribution is 9.11. The van der Waals surface area contributed by atoms with Gasteiger partial charge in [-0.15, -0.1) is 11.3 Å². The van der Waals surface area contributed by atoms with Gasteiger partial charge in [-0.05, 0) is 40.9 Å². The molecule has 1 aromatic rings. The molecule has 0 unspecified atom stereocenters. The van der Waals surface area contributed by atoms with Crippen LogP contribution in [-0.2, 0) is 16.0 Å². The number of aryl methyl sites for hydroxylation is 1. The van der Waals surface area contributed by atoms with Crippen molar-refractivity contribution in [1.29, 1.82) is 0 Å². The normalized spacial score (nSPS) is 10.2. The van der Waals surface area contributed by atoms with Gasteiger partial charge in [0.15, 0.2) is 5.78 Å². The first-order valence-electron chi connectivity index (χ1n) is 5.05. The first-order valence-corrected chi connectivity index (χ1v) is 6.66. The van der Waals surface area contributed by atoms with Crippen LogP contribution in [0.25, 0.3) is 0 Å². The molecular formula is C11H13BrO3S. The van der Waals surface area contributed by atoms with E-state index < -0.39 is 5.97 Å². The summed E-state index contributed by atoms with van der Waals surface area (Å²) in [5.41, 5.74) is 0.978. The summed E-state index contributed by atoms with van der Waals surface area (Å²) >= 11 is 4.71. The van der Waals surface area contributed by atoms with Crippen LogP contribution in [0.2, 0.25) is 0 Å². The highest BCUT2D eigenvalue weighted by Crippen LogP contribution is 2.28. The van der Waals surface area contributed by atoms with Gasteiger partial charge in [0.1, 0.15) is 6.42 Å². The Morgan fingerprint density at radius 1 is 1.44 bits per heavy atom. The van der Waals surface area contributed by atoms with Crippen LogP contribution in [0.1, 0.15) is 35.5 Å². The third-order valence-corrected chi connectivity index (χ3v) is 3.74. The number of rotatable bonds is 5. The number of hydrogen-bond acceptors (Lipinski definition) is 4. The van der Waals surface area contributed by atoms with Crippen molar-refractivity contribution in [3.05, 3.63) is 20.3 Å². The van der Waals surface area contributed by atoms with E-state index >= 15 is 0 Å². The maximum atomic E-state index is 11.8. The summed E-state index contributed by atoms with van der Waals surface area (Å²) < 4.78 is 5.66. The lowest BCUT2D eigenvalue weighted by molar-refractivity contribution is -0.141. The first-order chi connectivity index (χ1) is 7.58. The Hall–Kier alpha value is -0.680. The molecule has 0 amide bonds. The molecule has 0 fully saturated rings. The number of ether oxygens (including phenoxy) is 1. The van der Waals surface area contributed by atoms with Crippen molar-refractivity contribution < 1.29 is 14.3 Å². The number of ketones is 1. The number of Topliss-reactive ketones (excluding diaryl/α,β-unsaturated/α-hetero) is 1. The van der Waals surface area contributed by atoms with Crippen LogP contribution in [0, 0.1) is 0 Å². The molecule has 0 spiro atoms. The largest absolute Gasteiger partial charge is 0.466 e.